The second kappa shape index (κ2) is 6.25. The Morgan fingerprint density at radius 3 is 2.48 bits per heavy atom. The Kier molecular flexibility index (Phi) is 4.81. The average molecular weight is 339 g/mol. The van der Waals surface area contributed by atoms with Crippen LogP contribution in [0.3, 0.4) is 0 Å². The Bertz CT molecular complexity index is 641. The Morgan fingerprint density at radius 2 is 1.90 bits per heavy atom. The van der Waals surface area contributed by atoms with Gasteiger partial charge in [-0.05, 0) is 24.1 Å². The first-order chi connectivity index (χ1) is 9.81. The molecule has 2 aromatic rings. The monoisotopic (exact) mass is 338 g/mol. The third kappa shape index (κ3) is 3.90. The first kappa shape index (κ1) is 16.1. The van der Waals surface area contributed by atoms with Crippen molar-refractivity contribution in [2.75, 3.05) is 6.61 Å². The topological polar surface area (TPSA) is 38.0 Å². The molecule has 0 amide bonds. The molecule has 0 aliphatic heterocycles. The number of benzene rings is 1. The predicted octanol–water partition coefficient (Wildman–Crippen LogP) is 3.79. The van der Waals surface area contributed by atoms with Crippen molar-refractivity contribution in [3.05, 3.63) is 51.3 Å². The number of nitrogens with zero attached hydrogens (tertiary/aromatic N) is 2. The van der Waals surface area contributed by atoms with E-state index in [0.29, 0.717) is 15.6 Å². The molecule has 1 heterocycles. The molecular formula is C13H11Cl2F3N2O. The van der Waals surface area contributed by atoms with Crippen molar-refractivity contribution in [2.24, 2.45) is 0 Å². The van der Waals surface area contributed by atoms with Gasteiger partial charge in [0.1, 0.15) is 0 Å². The van der Waals surface area contributed by atoms with Crippen LogP contribution in [0.5, 0.6) is 0 Å². The number of alkyl halides is 3. The molecule has 1 N–H and O–H groups in total. The van der Waals surface area contributed by atoms with Gasteiger partial charge in [-0.25, -0.2) is 0 Å². The summed E-state index contributed by atoms with van der Waals surface area (Å²) in [5, 5.41) is 13.1. The summed E-state index contributed by atoms with van der Waals surface area (Å²) in [6, 6.07) is 4.81. The van der Waals surface area contributed by atoms with Crippen molar-refractivity contribution in [1.29, 1.82) is 0 Å². The lowest BCUT2D eigenvalue weighted by atomic mass is 10.2. The molecule has 2 rings (SSSR count). The second-order valence-electron chi connectivity index (χ2n) is 4.42. The molecule has 0 aliphatic carbocycles. The summed E-state index contributed by atoms with van der Waals surface area (Å²) in [6.45, 7) is -0.243. The molecular weight excluding hydrogens is 328 g/mol. The number of hydrogen-bond donors (Lipinski definition) is 1. The van der Waals surface area contributed by atoms with E-state index in [0.717, 1.165) is 0 Å². The minimum atomic E-state index is -4.55. The summed E-state index contributed by atoms with van der Waals surface area (Å²) in [5.74, 6) is 0. The summed E-state index contributed by atoms with van der Waals surface area (Å²) in [7, 11) is 0. The van der Waals surface area contributed by atoms with E-state index in [4.69, 9.17) is 28.3 Å². The van der Waals surface area contributed by atoms with Crippen molar-refractivity contribution in [1.82, 2.24) is 9.78 Å². The molecule has 21 heavy (non-hydrogen) atoms. The van der Waals surface area contributed by atoms with Gasteiger partial charge in [-0.1, -0.05) is 29.3 Å². The fourth-order valence-electron chi connectivity index (χ4n) is 1.91. The maximum atomic E-state index is 12.8. The molecule has 1 aromatic carbocycles. The second-order valence-corrected chi connectivity index (χ2v) is 5.23. The van der Waals surface area contributed by atoms with Crippen LogP contribution in [0.15, 0.2) is 24.4 Å². The zero-order valence-corrected chi connectivity index (χ0v) is 12.2. The van der Waals surface area contributed by atoms with Gasteiger partial charge in [0.25, 0.3) is 0 Å². The van der Waals surface area contributed by atoms with Gasteiger partial charge >= 0.3 is 6.18 Å². The highest BCUT2D eigenvalue weighted by atomic mass is 35.5. The molecule has 114 valence electrons. The van der Waals surface area contributed by atoms with Gasteiger partial charge in [0.15, 0.2) is 5.69 Å². The summed E-state index contributed by atoms with van der Waals surface area (Å²) >= 11 is 11.6. The van der Waals surface area contributed by atoms with E-state index >= 15 is 0 Å². The van der Waals surface area contributed by atoms with E-state index in [9.17, 15) is 13.2 Å². The van der Waals surface area contributed by atoms with E-state index in [2.05, 4.69) is 5.10 Å². The van der Waals surface area contributed by atoms with Gasteiger partial charge in [-0.15, -0.1) is 0 Å². The highest BCUT2D eigenvalue weighted by Gasteiger charge is 2.36. The van der Waals surface area contributed by atoms with E-state index in [1.807, 2.05) is 0 Å². The normalized spacial score (nSPS) is 11.9. The van der Waals surface area contributed by atoms with Crippen LogP contribution in [0.4, 0.5) is 13.2 Å². The molecule has 0 saturated heterocycles. The molecule has 0 spiro atoms. The van der Waals surface area contributed by atoms with Crippen molar-refractivity contribution in [3.8, 4) is 0 Å². The first-order valence-corrected chi connectivity index (χ1v) is 6.75. The lowest BCUT2D eigenvalue weighted by Crippen LogP contribution is -2.11. The standard InChI is InChI=1S/C13H11Cl2F3N2O/c14-10-2-1-8(5-11(10)15)6-20-7-9(3-4-21)12(19-20)13(16,17)18/h1-2,5,7,21H,3-4,6H2. The molecule has 3 nitrogen and oxygen atoms in total. The number of aromatic nitrogens is 2. The summed E-state index contributed by atoms with van der Waals surface area (Å²) in [5.41, 5.74) is -0.335. The Morgan fingerprint density at radius 1 is 1.19 bits per heavy atom. The highest BCUT2D eigenvalue weighted by molar-refractivity contribution is 6.42. The van der Waals surface area contributed by atoms with Crippen molar-refractivity contribution >= 4 is 23.2 Å². The molecule has 0 unspecified atom stereocenters. The van der Waals surface area contributed by atoms with E-state index in [1.165, 1.54) is 10.9 Å². The Balaban J connectivity index is 2.30. The Labute approximate surface area is 128 Å². The molecule has 0 aliphatic rings. The molecule has 0 atom stereocenters. The highest BCUT2D eigenvalue weighted by Crippen LogP contribution is 2.31. The van der Waals surface area contributed by atoms with Crippen LogP contribution in [-0.4, -0.2) is 21.5 Å². The lowest BCUT2D eigenvalue weighted by molar-refractivity contribution is -0.142. The van der Waals surface area contributed by atoms with Gasteiger partial charge in [-0.3, -0.25) is 4.68 Å². The van der Waals surface area contributed by atoms with Crippen LogP contribution in [-0.2, 0) is 19.1 Å². The minimum Gasteiger partial charge on any atom is -0.396 e. The van der Waals surface area contributed by atoms with Gasteiger partial charge in [0.2, 0.25) is 0 Å². The molecule has 0 saturated carbocycles. The number of aliphatic hydroxyl groups is 1. The summed E-state index contributed by atoms with van der Waals surface area (Å²) in [6.07, 6.45) is -3.37. The van der Waals surface area contributed by atoms with Crippen LogP contribution >= 0.6 is 23.2 Å². The maximum Gasteiger partial charge on any atom is 0.435 e. The maximum absolute atomic E-state index is 12.8. The molecule has 8 heteroatoms. The summed E-state index contributed by atoms with van der Waals surface area (Å²) in [4.78, 5) is 0. The third-order valence-corrected chi connectivity index (χ3v) is 3.55. The molecule has 0 bridgehead atoms. The van der Waals surface area contributed by atoms with Crippen LogP contribution in [0.2, 0.25) is 10.0 Å². The van der Waals surface area contributed by atoms with Crippen molar-refractivity contribution < 1.29 is 18.3 Å². The number of rotatable bonds is 4. The van der Waals surface area contributed by atoms with Gasteiger partial charge in [0.05, 0.1) is 16.6 Å². The lowest BCUT2D eigenvalue weighted by Gasteiger charge is -2.05. The van der Waals surface area contributed by atoms with E-state index in [-0.39, 0.29) is 25.1 Å². The SMILES string of the molecule is OCCc1cn(Cc2ccc(Cl)c(Cl)c2)nc1C(F)(F)F. The van der Waals surface area contributed by atoms with Crippen LogP contribution < -0.4 is 0 Å². The number of halogens is 5. The largest absolute Gasteiger partial charge is 0.435 e. The van der Waals surface area contributed by atoms with Gasteiger partial charge in [0, 0.05) is 18.4 Å². The van der Waals surface area contributed by atoms with E-state index in [1.54, 1.807) is 18.2 Å². The van der Waals surface area contributed by atoms with Crippen LogP contribution in [0.25, 0.3) is 0 Å². The van der Waals surface area contributed by atoms with E-state index < -0.39 is 11.9 Å². The smallest absolute Gasteiger partial charge is 0.396 e. The van der Waals surface area contributed by atoms with Crippen LogP contribution in [0, 0.1) is 0 Å². The fraction of sp³-hybridized carbons (Fsp3) is 0.308. The quantitative estimate of drug-likeness (QED) is 0.920. The zero-order chi connectivity index (χ0) is 15.6. The Hall–Kier alpha value is -1.24. The zero-order valence-electron chi connectivity index (χ0n) is 10.7. The molecule has 0 fully saturated rings. The fourth-order valence-corrected chi connectivity index (χ4v) is 2.23. The third-order valence-electron chi connectivity index (χ3n) is 2.82. The van der Waals surface area contributed by atoms with Crippen LogP contribution in [0.1, 0.15) is 16.8 Å². The first-order valence-electron chi connectivity index (χ1n) is 5.99. The number of aliphatic hydroxyl groups excluding tert-OH is 1. The molecule has 1 aromatic heterocycles. The number of hydrogen-bond acceptors (Lipinski definition) is 2. The summed E-state index contributed by atoms with van der Waals surface area (Å²) < 4.78 is 39.7. The van der Waals surface area contributed by atoms with Gasteiger partial charge in [-0.2, -0.15) is 18.3 Å². The minimum absolute atomic E-state index is 0.0370. The average Bonchev–Trinajstić information content (AvgIpc) is 2.77. The van der Waals surface area contributed by atoms with Gasteiger partial charge < -0.3 is 5.11 Å². The van der Waals surface area contributed by atoms with Crippen molar-refractivity contribution in [2.45, 2.75) is 19.1 Å². The van der Waals surface area contributed by atoms with Crippen molar-refractivity contribution in [3.63, 3.8) is 0 Å². The predicted molar refractivity (Wildman–Crippen MR) is 73.6 cm³/mol. The molecule has 0 radical (unpaired) electrons.